The van der Waals surface area contributed by atoms with E-state index in [0.717, 1.165) is 70.6 Å². The van der Waals surface area contributed by atoms with Gasteiger partial charge in [-0.05, 0) is 83.5 Å². The van der Waals surface area contributed by atoms with Crippen LogP contribution in [0.2, 0.25) is 0 Å². The molecular formula is C71H123NO13. The molecule has 0 saturated carbocycles. The van der Waals surface area contributed by atoms with Gasteiger partial charge < -0.3 is 65.1 Å². The lowest BCUT2D eigenvalue weighted by Crippen LogP contribution is -2.65. The number of ether oxygens (including phenoxy) is 4. The zero-order chi connectivity index (χ0) is 61.6. The second-order valence-corrected chi connectivity index (χ2v) is 23.6. The van der Waals surface area contributed by atoms with Crippen molar-refractivity contribution >= 4 is 5.91 Å². The van der Waals surface area contributed by atoms with Crippen molar-refractivity contribution in [2.75, 3.05) is 19.8 Å². The summed E-state index contributed by atoms with van der Waals surface area (Å²) in [6, 6.07) is -0.932. The topological polar surface area (TPSA) is 228 Å². The largest absolute Gasteiger partial charge is 0.394 e. The van der Waals surface area contributed by atoms with Gasteiger partial charge in [0.1, 0.15) is 48.8 Å². The maximum Gasteiger partial charge on any atom is 0.220 e. The van der Waals surface area contributed by atoms with Crippen LogP contribution in [0.25, 0.3) is 0 Å². The lowest BCUT2D eigenvalue weighted by molar-refractivity contribution is -0.359. The highest BCUT2D eigenvalue weighted by molar-refractivity contribution is 5.76. The van der Waals surface area contributed by atoms with Gasteiger partial charge in [-0.3, -0.25) is 4.79 Å². The summed E-state index contributed by atoms with van der Waals surface area (Å²) in [5.74, 6) is -0.251. The van der Waals surface area contributed by atoms with E-state index in [-0.39, 0.29) is 18.9 Å². The Balaban J connectivity index is 1.53. The van der Waals surface area contributed by atoms with Crippen molar-refractivity contribution in [3.8, 4) is 0 Å². The summed E-state index contributed by atoms with van der Waals surface area (Å²) in [6.45, 7) is 2.62. The molecule has 0 radical (unpaired) electrons. The van der Waals surface area contributed by atoms with Crippen molar-refractivity contribution < 1.29 is 64.6 Å². The monoisotopic (exact) mass is 1200 g/mol. The zero-order valence-corrected chi connectivity index (χ0v) is 53.1. The molecule has 490 valence electrons. The summed E-state index contributed by atoms with van der Waals surface area (Å²) >= 11 is 0. The maximum atomic E-state index is 13.2. The smallest absolute Gasteiger partial charge is 0.220 e. The van der Waals surface area contributed by atoms with E-state index in [9.17, 15) is 45.6 Å². The number of aliphatic hydroxyl groups is 8. The molecule has 85 heavy (non-hydrogen) atoms. The Morgan fingerprint density at radius 3 is 1.29 bits per heavy atom. The average Bonchev–Trinajstić information content (AvgIpc) is 2.93. The molecule has 2 aliphatic rings. The number of rotatable bonds is 54. The third-order valence-electron chi connectivity index (χ3n) is 16.0. The molecule has 2 rings (SSSR count). The lowest BCUT2D eigenvalue weighted by Gasteiger charge is -2.46. The van der Waals surface area contributed by atoms with Crippen LogP contribution >= 0.6 is 0 Å². The van der Waals surface area contributed by atoms with Crippen molar-refractivity contribution in [1.82, 2.24) is 5.32 Å². The molecule has 9 N–H and O–H groups in total. The molecule has 0 aromatic carbocycles. The quantitative estimate of drug-likeness (QED) is 0.0204. The number of aliphatic hydroxyl groups excluding tert-OH is 8. The van der Waals surface area contributed by atoms with E-state index >= 15 is 0 Å². The number of nitrogens with one attached hydrogen (secondary N) is 1. The molecule has 2 heterocycles. The number of allylic oxidation sites excluding steroid dienone is 15. The van der Waals surface area contributed by atoms with E-state index in [1.54, 1.807) is 6.08 Å². The minimum Gasteiger partial charge on any atom is -0.394 e. The van der Waals surface area contributed by atoms with Gasteiger partial charge >= 0.3 is 0 Å². The number of amides is 1. The molecule has 14 nitrogen and oxygen atoms in total. The van der Waals surface area contributed by atoms with E-state index in [0.29, 0.717) is 12.8 Å². The minimum atomic E-state index is -1.79. The summed E-state index contributed by atoms with van der Waals surface area (Å²) < 4.78 is 22.7. The molecule has 0 bridgehead atoms. The fraction of sp³-hybridized carbons (Fsp3) is 0.761. The van der Waals surface area contributed by atoms with Crippen molar-refractivity contribution in [3.63, 3.8) is 0 Å². The van der Waals surface area contributed by atoms with Crippen LogP contribution in [0.5, 0.6) is 0 Å². The average molecular weight is 1200 g/mol. The van der Waals surface area contributed by atoms with Crippen molar-refractivity contribution in [2.45, 2.75) is 325 Å². The standard InChI is InChI=1S/C71H123NO13/c1-3-5-7-9-11-13-15-16-17-18-19-20-21-22-23-24-25-26-27-28-29-30-31-32-33-34-35-36-37-38-39-40-41-42-43-44-45-47-49-51-53-55-63(76)72-59(60(75)54-52-50-48-46-14-12-10-8-6-4-2)58-82-70-68(81)66(79)69(62(57-74)84-70)85-71-67(80)65(78)64(77)61(56-73)83-71/h5,7,11,13-14,16-17,19-20,22-23,25-26,46,52,54,59-62,64-71,73-75,77-81H,3-4,6,8-10,12,15,18,21,24,27-45,47-51,53,55-58H2,1-2H3,(H,72,76)/b7-5-,13-11-,17-16-,20-19-,23-22-,26-25-,46-14+,54-52+. The number of hydrogen-bond donors (Lipinski definition) is 9. The first-order valence-electron chi connectivity index (χ1n) is 34.0. The molecule has 14 heteroatoms. The highest BCUT2D eigenvalue weighted by Crippen LogP contribution is 2.30. The first kappa shape index (κ1) is 78.0. The van der Waals surface area contributed by atoms with Crippen LogP contribution in [0.3, 0.4) is 0 Å². The van der Waals surface area contributed by atoms with Gasteiger partial charge in [0.25, 0.3) is 0 Å². The Kier molecular flexibility index (Phi) is 50.5. The Labute approximate surface area is 515 Å². The van der Waals surface area contributed by atoms with Crippen LogP contribution in [0.15, 0.2) is 97.2 Å². The third kappa shape index (κ3) is 39.5. The number of unbranched alkanes of at least 4 members (excludes halogenated alkanes) is 27. The highest BCUT2D eigenvalue weighted by Gasteiger charge is 2.51. The van der Waals surface area contributed by atoms with Crippen LogP contribution in [0.1, 0.15) is 251 Å². The summed E-state index contributed by atoms with van der Waals surface area (Å²) in [5.41, 5.74) is 0. The Hall–Kier alpha value is -3.09. The van der Waals surface area contributed by atoms with E-state index in [1.165, 1.54) is 148 Å². The first-order valence-corrected chi connectivity index (χ1v) is 34.0. The van der Waals surface area contributed by atoms with Crippen molar-refractivity contribution in [2.24, 2.45) is 0 Å². The molecule has 12 unspecified atom stereocenters. The van der Waals surface area contributed by atoms with Gasteiger partial charge in [0.2, 0.25) is 5.91 Å². The normalized spacial score (nSPS) is 24.2. The van der Waals surface area contributed by atoms with Gasteiger partial charge in [-0.2, -0.15) is 0 Å². The van der Waals surface area contributed by atoms with Gasteiger partial charge in [-0.15, -0.1) is 0 Å². The van der Waals surface area contributed by atoms with Crippen molar-refractivity contribution in [3.05, 3.63) is 97.2 Å². The van der Waals surface area contributed by atoms with Crippen molar-refractivity contribution in [1.29, 1.82) is 0 Å². The summed E-state index contributed by atoms with van der Waals surface area (Å²) in [7, 11) is 0. The number of carbonyl (C=O) groups excluding carboxylic acids is 1. The van der Waals surface area contributed by atoms with Gasteiger partial charge in [0.05, 0.1) is 32.0 Å². The molecule has 2 saturated heterocycles. The van der Waals surface area contributed by atoms with Gasteiger partial charge in [0, 0.05) is 6.42 Å². The molecular weight excluding hydrogens is 1070 g/mol. The molecule has 0 aromatic heterocycles. The Morgan fingerprint density at radius 2 is 0.824 bits per heavy atom. The summed E-state index contributed by atoms with van der Waals surface area (Å²) in [5, 5.41) is 86.9. The molecule has 2 fully saturated rings. The molecule has 1 amide bonds. The summed E-state index contributed by atoms with van der Waals surface area (Å²) in [6.07, 6.45) is 60.8. The van der Waals surface area contributed by atoms with E-state index in [1.807, 2.05) is 6.08 Å². The Morgan fingerprint density at radius 1 is 0.435 bits per heavy atom. The molecule has 12 atom stereocenters. The van der Waals surface area contributed by atoms with Crippen LogP contribution in [-0.4, -0.2) is 140 Å². The SMILES string of the molecule is CC/C=C\C/C=C\C/C=C\C/C=C\C/C=C\C/C=C\CCCCCCCCCCCCCCCCCCCCCCCCC(=O)NC(COC1OC(CO)C(OC2OC(CO)C(O)C(O)C2O)C(O)C1O)C(O)/C=C/CC/C=C/CCCCCC. The lowest BCUT2D eigenvalue weighted by atomic mass is 9.97. The minimum absolute atomic E-state index is 0.251. The third-order valence-corrected chi connectivity index (χ3v) is 16.0. The van der Waals surface area contributed by atoms with Gasteiger partial charge in [0.15, 0.2) is 12.6 Å². The highest BCUT2D eigenvalue weighted by atomic mass is 16.7. The maximum absolute atomic E-state index is 13.2. The number of carbonyl (C=O) groups is 1. The van der Waals surface area contributed by atoms with Gasteiger partial charge in [-0.1, -0.05) is 259 Å². The van der Waals surface area contributed by atoms with E-state index < -0.39 is 86.8 Å². The molecule has 2 aliphatic heterocycles. The fourth-order valence-electron chi connectivity index (χ4n) is 10.6. The Bertz CT molecular complexity index is 1800. The van der Waals surface area contributed by atoms with Crippen LogP contribution in [-0.2, 0) is 23.7 Å². The van der Waals surface area contributed by atoms with Gasteiger partial charge in [-0.25, -0.2) is 0 Å². The predicted octanol–water partition coefficient (Wildman–Crippen LogP) is 13.4. The fourth-order valence-corrected chi connectivity index (χ4v) is 10.6. The van der Waals surface area contributed by atoms with E-state index in [2.05, 4.69) is 104 Å². The van der Waals surface area contributed by atoms with E-state index in [4.69, 9.17) is 18.9 Å². The first-order chi connectivity index (χ1) is 41.6. The number of hydrogen-bond acceptors (Lipinski definition) is 13. The van der Waals surface area contributed by atoms with Crippen LogP contribution in [0, 0.1) is 0 Å². The second kappa shape index (κ2) is 55.0. The zero-order valence-electron chi connectivity index (χ0n) is 53.1. The molecule has 0 aromatic rings. The molecule has 0 spiro atoms. The summed E-state index contributed by atoms with van der Waals surface area (Å²) in [4.78, 5) is 13.2. The van der Waals surface area contributed by atoms with Crippen LogP contribution < -0.4 is 5.32 Å². The predicted molar refractivity (Wildman–Crippen MR) is 346 cm³/mol. The van der Waals surface area contributed by atoms with Crippen LogP contribution in [0.4, 0.5) is 0 Å². The second-order valence-electron chi connectivity index (χ2n) is 23.6. The molecule has 0 aliphatic carbocycles.